The fourth-order valence-corrected chi connectivity index (χ4v) is 3.84. The Morgan fingerprint density at radius 2 is 1.61 bits per heavy atom. The Morgan fingerprint density at radius 3 is 2.26 bits per heavy atom. The van der Waals surface area contributed by atoms with E-state index in [9.17, 15) is 4.79 Å². The topological polar surface area (TPSA) is 51.2 Å². The number of aryl methyl sites for hydroxylation is 1. The van der Waals surface area contributed by atoms with E-state index in [1.807, 2.05) is 35.2 Å². The largest absolute Gasteiger partial charge is 0.493 e. The number of piperazine rings is 1. The van der Waals surface area contributed by atoms with Crippen molar-refractivity contribution in [2.24, 2.45) is 0 Å². The molecule has 1 aliphatic heterocycles. The number of benzene rings is 2. The zero-order valence-electron chi connectivity index (χ0n) is 18.7. The average molecular weight is 425 g/mol. The second kappa shape index (κ2) is 11.4. The molecule has 1 fully saturated rings. The lowest BCUT2D eigenvalue weighted by Gasteiger charge is -2.34. The van der Waals surface area contributed by atoms with Gasteiger partial charge in [0.25, 0.3) is 0 Å². The van der Waals surface area contributed by atoms with Crippen molar-refractivity contribution >= 4 is 12.0 Å². The van der Waals surface area contributed by atoms with Crippen LogP contribution in [0.2, 0.25) is 0 Å². The van der Waals surface area contributed by atoms with Gasteiger partial charge in [-0.2, -0.15) is 0 Å². The molecule has 1 saturated heterocycles. The van der Waals surface area contributed by atoms with Gasteiger partial charge in [-0.25, -0.2) is 0 Å². The highest BCUT2D eigenvalue weighted by Gasteiger charge is 2.22. The number of hydrogen-bond donors (Lipinski definition) is 0. The molecule has 0 radical (unpaired) electrons. The van der Waals surface area contributed by atoms with Crippen LogP contribution < -0.4 is 14.2 Å². The SMILES string of the molecule is COc1ccc(CCC(=O)N2CCN(CC=Cc3ccccc3)CC2)c(OC)c1OC. The molecule has 1 heterocycles. The van der Waals surface area contributed by atoms with E-state index in [-0.39, 0.29) is 5.91 Å². The van der Waals surface area contributed by atoms with E-state index in [1.54, 1.807) is 21.3 Å². The minimum Gasteiger partial charge on any atom is -0.493 e. The number of rotatable bonds is 9. The van der Waals surface area contributed by atoms with Gasteiger partial charge in [0.05, 0.1) is 21.3 Å². The first-order valence-electron chi connectivity index (χ1n) is 10.7. The molecular formula is C25H32N2O4. The zero-order chi connectivity index (χ0) is 22.1. The fourth-order valence-electron chi connectivity index (χ4n) is 3.84. The van der Waals surface area contributed by atoms with Gasteiger partial charge >= 0.3 is 0 Å². The van der Waals surface area contributed by atoms with Crippen molar-refractivity contribution in [2.75, 3.05) is 54.1 Å². The van der Waals surface area contributed by atoms with E-state index in [4.69, 9.17) is 14.2 Å². The monoisotopic (exact) mass is 424 g/mol. The van der Waals surface area contributed by atoms with Crippen LogP contribution >= 0.6 is 0 Å². The van der Waals surface area contributed by atoms with Crippen LogP contribution in [-0.4, -0.2) is 69.8 Å². The molecule has 31 heavy (non-hydrogen) atoms. The Bertz CT molecular complexity index is 875. The molecule has 1 amide bonds. The molecule has 0 saturated carbocycles. The number of ether oxygens (including phenoxy) is 3. The van der Waals surface area contributed by atoms with Crippen molar-refractivity contribution in [1.82, 2.24) is 9.80 Å². The molecule has 0 aliphatic carbocycles. The number of carbonyl (C=O) groups excluding carboxylic acids is 1. The summed E-state index contributed by atoms with van der Waals surface area (Å²) >= 11 is 0. The first kappa shape index (κ1) is 22.7. The van der Waals surface area contributed by atoms with Crippen LogP contribution in [0.1, 0.15) is 17.5 Å². The Morgan fingerprint density at radius 1 is 0.903 bits per heavy atom. The van der Waals surface area contributed by atoms with E-state index >= 15 is 0 Å². The molecule has 0 N–H and O–H groups in total. The smallest absolute Gasteiger partial charge is 0.222 e. The van der Waals surface area contributed by atoms with Crippen LogP contribution in [0.25, 0.3) is 6.08 Å². The number of amides is 1. The quantitative estimate of drug-likeness (QED) is 0.617. The van der Waals surface area contributed by atoms with Gasteiger partial charge in [0.2, 0.25) is 11.7 Å². The van der Waals surface area contributed by atoms with Gasteiger partial charge in [0, 0.05) is 39.1 Å². The lowest BCUT2D eigenvalue weighted by atomic mass is 10.1. The van der Waals surface area contributed by atoms with Gasteiger partial charge < -0.3 is 19.1 Å². The molecule has 2 aromatic rings. The summed E-state index contributed by atoms with van der Waals surface area (Å²) in [6.45, 7) is 4.22. The van der Waals surface area contributed by atoms with Crippen LogP contribution in [0.3, 0.4) is 0 Å². The number of hydrogen-bond acceptors (Lipinski definition) is 5. The van der Waals surface area contributed by atoms with Crippen LogP contribution in [0, 0.1) is 0 Å². The molecule has 6 nitrogen and oxygen atoms in total. The Kier molecular flexibility index (Phi) is 8.35. The standard InChI is InChI=1S/C25H32N2O4/c1-29-22-13-11-21(24(30-2)25(22)31-3)12-14-23(28)27-18-16-26(17-19-27)15-7-10-20-8-5-4-6-9-20/h4-11,13H,12,14-19H2,1-3H3. The highest BCUT2D eigenvalue weighted by atomic mass is 16.5. The first-order chi connectivity index (χ1) is 15.2. The summed E-state index contributed by atoms with van der Waals surface area (Å²) in [5, 5.41) is 0. The maximum atomic E-state index is 12.8. The molecule has 0 spiro atoms. The summed E-state index contributed by atoms with van der Waals surface area (Å²) in [7, 11) is 4.79. The maximum absolute atomic E-state index is 12.8. The van der Waals surface area contributed by atoms with Crippen molar-refractivity contribution in [3.63, 3.8) is 0 Å². The van der Waals surface area contributed by atoms with E-state index < -0.39 is 0 Å². The number of carbonyl (C=O) groups is 1. The highest BCUT2D eigenvalue weighted by Crippen LogP contribution is 2.40. The van der Waals surface area contributed by atoms with Gasteiger partial charge in [-0.3, -0.25) is 9.69 Å². The summed E-state index contributed by atoms with van der Waals surface area (Å²) < 4.78 is 16.3. The van der Waals surface area contributed by atoms with Gasteiger partial charge in [0.1, 0.15) is 0 Å². The van der Waals surface area contributed by atoms with Crippen LogP contribution in [-0.2, 0) is 11.2 Å². The van der Waals surface area contributed by atoms with Crippen molar-refractivity contribution < 1.29 is 19.0 Å². The van der Waals surface area contributed by atoms with E-state index in [0.717, 1.165) is 38.3 Å². The predicted octanol–water partition coefficient (Wildman–Crippen LogP) is 3.50. The second-order valence-electron chi connectivity index (χ2n) is 7.49. The van der Waals surface area contributed by atoms with Crippen molar-refractivity contribution in [1.29, 1.82) is 0 Å². The molecule has 166 valence electrons. The normalized spacial score (nSPS) is 14.6. The molecule has 6 heteroatoms. The van der Waals surface area contributed by atoms with Crippen LogP contribution in [0.4, 0.5) is 0 Å². The van der Waals surface area contributed by atoms with Gasteiger partial charge in [0.15, 0.2) is 11.5 Å². The maximum Gasteiger partial charge on any atom is 0.222 e. The predicted molar refractivity (Wildman–Crippen MR) is 123 cm³/mol. The molecule has 0 aromatic heterocycles. The lowest BCUT2D eigenvalue weighted by molar-refractivity contribution is -0.132. The Labute approximate surface area is 185 Å². The van der Waals surface area contributed by atoms with Crippen LogP contribution in [0.5, 0.6) is 17.2 Å². The summed E-state index contributed by atoms with van der Waals surface area (Å²) in [4.78, 5) is 17.1. The average Bonchev–Trinajstić information content (AvgIpc) is 2.82. The third-order valence-corrected chi connectivity index (χ3v) is 5.59. The number of methoxy groups -OCH3 is 3. The van der Waals surface area contributed by atoms with Gasteiger partial charge in [-0.15, -0.1) is 0 Å². The molecule has 1 aliphatic rings. The molecular weight excluding hydrogens is 392 g/mol. The summed E-state index contributed by atoms with van der Waals surface area (Å²) in [6, 6.07) is 14.1. The third kappa shape index (κ3) is 6.01. The zero-order valence-corrected chi connectivity index (χ0v) is 18.7. The van der Waals surface area contributed by atoms with E-state index in [1.165, 1.54) is 5.56 Å². The Hall–Kier alpha value is -2.99. The van der Waals surface area contributed by atoms with Gasteiger partial charge in [-0.05, 0) is 23.6 Å². The molecule has 0 unspecified atom stereocenters. The van der Waals surface area contributed by atoms with Crippen molar-refractivity contribution in [3.05, 3.63) is 59.7 Å². The highest BCUT2D eigenvalue weighted by molar-refractivity contribution is 5.77. The minimum atomic E-state index is 0.177. The molecule has 0 bridgehead atoms. The first-order valence-corrected chi connectivity index (χ1v) is 10.7. The molecule has 0 atom stereocenters. The molecule has 3 rings (SSSR count). The Balaban J connectivity index is 1.48. The second-order valence-corrected chi connectivity index (χ2v) is 7.49. The van der Waals surface area contributed by atoms with E-state index in [2.05, 4.69) is 29.2 Å². The lowest BCUT2D eigenvalue weighted by Crippen LogP contribution is -2.48. The van der Waals surface area contributed by atoms with Gasteiger partial charge in [-0.1, -0.05) is 48.6 Å². The van der Waals surface area contributed by atoms with Crippen LogP contribution in [0.15, 0.2) is 48.5 Å². The van der Waals surface area contributed by atoms with E-state index in [0.29, 0.717) is 30.1 Å². The van der Waals surface area contributed by atoms with Crippen molar-refractivity contribution in [2.45, 2.75) is 12.8 Å². The summed E-state index contributed by atoms with van der Waals surface area (Å²) in [5.41, 5.74) is 2.15. The summed E-state index contributed by atoms with van der Waals surface area (Å²) in [6.07, 6.45) is 5.38. The van der Waals surface area contributed by atoms with Crippen molar-refractivity contribution in [3.8, 4) is 17.2 Å². The molecule has 2 aromatic carbocycles. The number of nitrogens with zero attached hydrogens (tertiary/aromatic N) is 2. The fraction of sp³-hybridized carbons (Fsp3) is 0.400. The summed E-state index contributed by atoms with van der Waals surface area (Å²) in [5.74, 6) is 1.99. The third-order valence-electron chi connectivity index (χ3n) is 5.59. The minimum absolute atomic E-state index is 0.177.